The molecular weight excluding hydrogens is 320 g/mol. The second-order valence-electron chi connectivity index (χ2n) is 3.46. The number of rotatable bonds is 5. The van der Waals surface area contributed by atoms with Crippen LogP contribution in [0.1, 0.15) is 10.6 Å². The minimum absolute atomic E-state index is 0.570. The first-order valence-corrected chi connectivity index (χ1v) is 7.55. The molecule has 2 aromatic heterocycles. The Morgan fingerprint density at radius 1 is 1.41 bits per heavy atom. The van der Waals surface area contributed by atoms with Gasteiger partial charge in [0.25, 0.3) is 0 Å². The van der Waals surface area contributed by atoms with Crippen molar-refractivity contribution >= 4 is 38.6 Å². The van der Waals surface area contributed by atoms with E-state index in [0.717, 1.165) is 21.0 Å². The molecule has 0 aliphatic carbocycles. The summed E-state index contributed by atoms with van der Waals surface area (Å²) in [6, 6.07) is 4.14. The predicted molar refractivity (Wildman–Crippen MR) is 76.6 cm³/mol. The number of hydrogen-bond donors (Lipinski definition) is 1. The van der Waals surface area contributed by atoms with Crippen molar-refractivity contribution in [1.29, 1.82) is 0 Å². The maximum atomic E-state index is 5.18. The zero-order valence-electron chi connectivity index (χ0n) is 9.62. The van der Waals surface area contributed by atoms with Gasteiger partial charge in [-0.1, -0.05) is 0 Å². The minimum atomic E-state index is 0.570. The lowest BCUT2D eigenvalue weighted by molar-refractivity contribution is 0.181. The standard InChI is InChI=1S/C11H13BrN2OS2/c1-13-5-9-7(6-15-2)14-11(17-9)8-3-4-10(12)16-8/h3-4,13H,5-6H2,1-2H3. The van der Waals surface area contributed by atoms with Crippen molar-refractivity contribution in [2.45, 2.75) is 13.2 Å². The highest BCUT2D eigenvalue weighted by molar-refractivity contribution is 9.11. The molecule has 0 aromatic carbocycles. The second-order valence-corrected chi connectivity index (χ2v) is 7.00. The Labute approximate surface area is 117 Å². The number of hydrogen-bond acceptors (Lipinski definition) is 5. The van der Waals surface area contributed by atoms with Gasteiger partial charge in [-0.3, -0.25) is 0 Å². The summed E-state index contributed by atoms with van der Waals surface area (Å²) in [5, 5.41) is 4.23. The van der Waals surface area contributed by atoms with E-state index in [9.17, 15) is 0 Å². The van der Waals surface area contributed by atoms with Crippen molar-refractivity contribution < 1.29 is 4.74 Å². The zero-order valence-corrected chi connectivity index (χ0v) is 12.8. The third kappa shape index (κ3) is 3.14. The van der Waals surface area contributed by atoms with Crippen LogP contribution in [0.3, 0.4) is 0 Å². The number of halogens is 1. The number of aromatic nitrogens is 1. The fourth-order valence-corrected chi connectivity index (χ4v) is 3.98. The van der Waals surface area contributed by atoms with E-state index < -0.39 is 0 Å². The van der Waals surface area contributed by atoms with Crippen LogP contribution < -0.4 is 5.32 Å². The molecule has 0 atom stereocenters. The Balaban J connectivity index is 2.32. The van der Waals surface area contributed by atoms with Crippen LogP contribution in [0.15, 0.2) is 15.9 Å². The number of ether oxygens (including phenoxy) is 1. The molecule has 0 aliphatic heterocycles. The number of nitrogens with zero attached hydrogens (tertiary/aromatic N) is 1. The molecule has 1 N–H and O–H groups in total. The predicted octanol–water partition coefficient (Wildman–Crippen LogP) is 3.50. The second kappa shape index (κ2) is 6.06. The molecule has 0 fully saturated rings. The van der Waals surface area contributed by atoms with E-state index in [1.807, 2.05) is 7.05 Å². The molecule has 0 saturated heterocycles. The molecule has 2 rings (SSSR count). The van der Waals surface area contributed by atoms with E-state index >= 15 is 0 Å². The van der Waals surface area contributed by atoms with Crippen molar-refractivity contribution in [3.05, 3.63) is 26.5 Å². The largest absolute Gasteiger partial charge is 0.378 e. The van der Waals surface area contributed by atoms with Crippen LogP contribution in [0, 0.1) is 0 Å². The van der Waals surface area contributed by atoms with E-state index in [4.69, 9.17) is 4.74 Å². The van der Waals surface area contributed by atoms with E-state index in [1.165, 1.54) is 9.75 Å². The van der Waals surface area contributed by atoms with Gasteiger partial charge in [0, 0.05) is 18.5 Å². The number of methoxy groups -OCH3 is 1. The lowest BCUT2D eigenvalue weighted by atomic mass is 10.3. The first-order valence-electron chi connectivity index (χ1n) is 5.12. The van der Waals surface area contributed by atoms with Crippen LogP contribution in [-0.4, -0.2) is 19.1 Å². The highest BCUT2D eigenvalue weighted by Crippen LogP contribution is 2.35. The molecule has 17 heavy (non-hydrogen) atoms. The van der Waals surface area contributed by atoms with Crippen LogP contribution in [0.2, 0.25) is 0 Å². The highest BCUT2D eigenvalue weighted by atomic mass is 79.9. The van der Waals surface area contributed by atoms with Crippen molar-refractivity contribution in [2.75, 3.05) is 14.2 Å². The highest BCUT2D eigenvalue weighted by Gasteiger charge is 2.13. The number of thiophene rings is 1. The fraction of sp³-hybridized carbons (Fsp3) is 0.364. The van der Waals surface area contributed by atoms with Gasteiger partial charge in [0.2, 0.25) is 0 Å². The average Bonchev–Trinajstić information content (AvgIpc) is 2.87. The third-order valence-corrected chi connectivity index (χ3v) is 5.07. The van der Waals surface area contributed by atoms with Gasteiger partial charge < -0.3 is 10.1 Å². The molecule has 0 saturated carbocycles. The zero-order chi connectivity index (χ0) is 12.3. The monoisotopic (exact) mass is 332 g/mol. The summed E-state index contributed by atoms with van der Waals surface area (Å²) < 4.78 is 6.31. The van der Waals surface area contributed by atoms with Crippen LogP contribution in [-0.2, 0) is 17.9 Å². The first-order chi connectivity index (χ1) is 8.24. The van der Waals surface area contributed by atoms with Crippen molar-refractivity contribution in [3.8, 4) is 9.88 Å². The van der Waals surface area contributed by atoms with E-state index in [0.29, 0.717) is 6.61 Å². The van der Waals surface area contributed by atoms with Crippen molar-refractivity contribution in [1.82, 2.24) is 10.3 Å². The van der Waals surface area contributed by atoms with Gasteiger partial charge in [0.05, 0.1) is 21.0 Å². The Morgan fingerprint density at radius 3 is 2.82 bits per heavy atom. The average molecular weight is 333 g/mol. The molecule has 6 heteroatoms. The summed E-state index contributed by atoms with van der Waals surface area (Å²) in [6.07, 6.45) is 0. The van der Waals surface area contributed by atoms with Gasteiger partial charge in [0.1, 0.15) is 5.01 Å². The van der Waals surface area contributed by atoms with Crippen molar-refractivity contribution in [3.63, 3.8) is 0 Å². The fourth-order valence-electron chi connectivity index (χ4n) is 1.47. The summed E-state index contributed by atoms with van der Waals surface area (Å²) >= 11 is 6.90. The number of thiazole rings is 1. The topological polar surface area (TPSA) is 34.2 Å². The Hall–Kier alpha value is -0.270. The summed E-state index contributed by atoms with van der Waals surface area (Å²) in [6.45, 7) is 1.41. The number of nitrogens with one attached hydrogen (secondary N) is 1. The maximum absolute atomic E-state index is 5.18. The van der Waals surface area contributed by atoms with Gasteiger partial charge in [-0.2, -0.15) is 0 Å². The van der Waals surface area contributed by atoms with E-state index in [2.05, 4.69) is 38.4 Å². The van der Waals surface area contributed by atoms with Crippen LogP contribution in [0.25, 0.3) is 9.88 Å². The van der Waals surface area contributed by atoms with E-state index in [-0.39, 0.29) is 0 Å². The maximum Gasteiger partial charge on any atom is 0.134 e. The van der Waals surface area contributed by atoms with Crippen LogP contribution in [0.5, 0.6) is 0 Å². The molecule has 0 radical (unpaired) electrons. The molecule has 3 nitrogen and oxygen atoms in total. The molecule has 0 amide bonds. The molecule has 2 heterocycles. The van der Waals surface area contributed by atoms with Crippen molar-refractivity contribution in [2.24, 2.45) is 0 Å². The Kier molecular flexibility index (Phi) is 4.69. The minimum Gasteiger partial charge on any atom is -0.378 e. The Morgan fingerprint density at radius 2 is 2.24 bits per heavy atom. The van der Waals surface area contributed by atoms with E-state index in [1.54, 1.807) is 29.8 Å². The smallest absolute Gasteiger partial charge is 0.134 e. The van der Waals surface area contributed by atoms with Gasteiger partial charge in [0.15, 0.2) is 0 Å². The molecule has 0 bridgehead atoms. The van der Waals surface area contributed by atoms with Gasteiger partial charge in [-0.25, -0.2) is 4.98 Å². The first kappa shape index (κ1) is 13.2. The molecule has 0 spiro atoms. The lowest BCUT2D eigenvalue weighted by Gasteiger charge is -1.98. The van der Waals surface area contributed by atoms with Crippen LogP contribution >= 0.6 is 38.6 Å². The quantitative estimate of drug-likeness (QED) is 0.909. The van der Waals surface area contributed by atoms with Gasteiger partial charge in [-0.05, 0) is 35.1 Å². The SMILES string of the molecule is CNCc1sc(-c2ccc(Br)s2)nc1COC. The van der Waals surface area contributed by atoms with Gasteiger partial charge in [-0.15, -0.1) is 22.7 Å². The lowest BCUT2D eigenvalue weighted by Crippen LogP contribution is -2.06. The summed E-state index contributed by atoms with van der Waals surface area (Å²) in [4.78, 5) is 7.09. The molecule has 2 aromatic rings. The Bertz CT molecular complexity index is 472. The van der Waals surface area contributed by atoms with Gasteiger partial charge >= 0.3 is 0 Å². The molecule has 92 valence electrons. The summed E-state index contributed by atoms with van der Waals surface area (Å²) in [5.74, 6) is 0. The normalized spacial score (nSPS) is 11.0. The molecule has 0 aliphatic rings. The van der Waals surface area contributed by atoms with Crippen LogP contribution in [0.4, 0.5) is 0 Å². The molecular formula is C11H13BrN2OS2. The summed E-state index contributed by atoms with van der Waals surface area (Å²) in [5.41, 5.74) is 1.03. The molecule has 0 unspecified atom stereocenters. The third-order valence-electron chi connectivity index (χ3n) is 2.18. The summed E-state index contributed by atoms with van der Waals surface area (Å²) in [7, 11) is 3.64.